The third-order valence-corrected chi connectivity index (χ3v) is 4.97. The first-order valence-electron chi connectivity index (χ1n) is 8.72. The molecule has 2 aromatic rings. The van der Waals surface area contributed by atoms with Gasteiger partial charge in [0.25, 0.3) is 5.91 Å². The minimum atomic E-state index is -0.628. The van der Waals surface area contributed by atoms with Gasteiger partial charge in [0.15, 0.2) is 0 Å². The number of hydrogen-bond acceptors (Lipinski definition) is 4. The van der Waals surface area contributed by atoms with E-state index in [2.05, 4.69) is 10.9 Å². The van der Waals surface area contributed by atoms with Gasteiger partial charge in [-0.2, -0.15) is 0 Å². The summed E-state index contributed by atoms with van der Waals surface area (Å²) in [6, 6.07) is 10.1. The number of halogens is 1. The van der Waals surface area contributed by atoms with E-state index in [1.165, 1.54) is 23.8 Å². The Bertz CT molecular complexity index is 869. The normalized spacial score (nSPS) is 15.6. The highest BCUT2D eigenvalue weighted by molar-refractivity contribution is 6.31. The van der Waals surface area contributed by atoms with E-state index in [1.54, 1.807) is 7.11 Å². The molecular formula is C20H21ClN2O4. The molecule has 0 fully saturated rings. The van der Waals surface area contributed by atoms with E-state index in [4.69, 9.17) is 16.3 Å². The lowest BCUT2D eigenvalue weighted by atomic mass is 9.81. The average Bonchev–Trinajstić information content (AvgIpc) is 2.67. The molecule has 0 saturated heterocycles. The summed E-state index contributed by atoms with van der Waals surface area (Å²) < 4.78 is 5.26. The summed E-state index contributed by atoms with van der Waals surface area (Å²) in [6.45, 7) is 0. The molecule has 0 saturated carbocycles. The highest BCUT2D eigenvalue weighted by Gasteiger charge is 2.23. The van der Waals surface area contributed by atoms with E-state index in [0.717, 1.165) is 30.6 Å². The van der Waals surface area contributed by atoms with Gasteiger partial charge in [-0.15, -0.1) is 0 Å². The number of benzene rings is 2. The van der Waals surface area contributed by atoms with E-state index >= 15 is 0 Å². The second kappa shape index (κ2) is 8.31. The molecule has 1 aliphatic rings. The van der Waals surface area contributed by atoms with Crippen molar-refractivity contribution in [3.63, 3.8) is 0 Å². The Morgan fingerprint density at radius 2 is 2.04 bits per heavy atom. The number of ether oxygens (including phenoxy) is 1. The van der Waals surface area contributed by atoms with Gasteiger partial charge in [-0.05, 0) is 66.6 Å². The van der Waals surface area contributed by atoms with Gasteiger partial charge >= 0.3 is 0 Å². The highest BCUT2D eigenvalue weighted by atomic mass is 35.5. The van der Waals surface area contributed by atoms with Crippen LogP contribution in [0.4, 0.5) is 0 Å². The van der Waals surface area contributed by atoms with Crippen LogP contribution in [0, 0.1) is 0 Å². The van der Waals surface area contributed by atoms with Crippen molar-refractivity contribution in [1.82, 2.24) is 10.9 Å². The molecule has 2 aromatic carbocycles. The van der Waals surface area contributed by atoms with Crippen molar-refractivity contribution in [2.75, 3.05) is 7.11 Å². The van der Waals surface area contributed by atoms with Crippen LogP contribution in [0.3, 0.4) is 0 Å². The molecule has 0 aromatic heterocycles. The van der Waals surface area contributed by atoms with Crippen LogP contribution in [-0.4, -0.2) is 24.0 Å². The van der Waals surface area contributed by atoms with Crippen molar-refractivity contribution in [1.29, 1.82) is 0 Å². The number of aryl methyl sites for hydroxylation is 1. The zero-order valence-corrected chi connectivity index (χ0v) is 15.7. The van der Waals surface area contributed by atoms with Crippen LogP contribution in [0.5, 0.6) is 11.5 Å². The van der Waals surface area contributed by atoms with Crippen LogP contribution in [0.1, 0.15) is 46.7 Å². The predicted molar refractivity (Wildman–Crippen MR) is 102 cm³/mol. The molecule has 7 heteroatoms. The van der Waals surface area contributed by atoms with E-state index in [-0.39, 0.29) is 29.6 Å². The van der Waals surface area contributed by atoms with Gasteiger partial charge in [0.2, 0.25) is 5.91 Å². The molecule has 6 nitrogen and oxygen atoms in total. The summed E-state index contributed by atoms with van der Waals surface area (Å²) in [7, 11) is 1.63. The number of carbonyl (C=O) groups excluding carboxylic acids is 2. The minimum Gasteiger partial charge on any atom is -0.507 e. The van der Waals surface area contributed by atoms with E-state index in [9.17, 15) is 14.7 Å². The molecule has 0 bridgehead atoms. The topological polar surface area (TPSA) is 87.7 Å². The third kappa shape index (κ3) is 4.52. The predicted octanol–water partition coefficient (Wildman–Crippen LogP) is 3.33. The Kier molecular flexibility index (Phi) is 5.86. The van der Waals surface area contributed by atoms with E-state index < -0.39 is 5.91 Å². The highest BCUT2D eigenvalue weighted by Crippen LogP contribution is 2.35. The first kappa shape index (κ1) is 19.0. The number of hydrogen-bond donors (Lipinski definition) is 3. The molecule has 27 heavy (non-hydrogen) atoms. The fourth-order valence-corrected chi connectivity index (χ4v) is 3.56. The van der Waals surface area contributed by atoms with Gasteiger partial charge < -0.3 is 9.84 Å². The molecule has 0 aliphatic heterocycles. The molecule has 0 heterocycles. The van der Waals surface area contributed by atoms with Gasteiger partial charge in [-0.25, -0.2) is 0 Å². The zero-order valence-electron chi connectivity index (χ0n) is 14.9. The molecule has 0 spiro atoms. The van der Waals surface area contributed by atoms with Gasteiger partial charge in [0.05, 0.1) is 12.7 Å². The maximum atomic E-state index is 12.3. The van der Waals surface area contributed by atoms with Crippen molar-refractivity contribution in [2.45, 2.75) is 31.6 Å². The number of amides is 2. The number of rotatable bonds is 4. The van der Waals surface area contributed by atoms with Crippen molar-refractivity contribution >= 4 is 23.4 Å². The maximum absolute atomic E-state index is 12.3. The van der Waals surface area contributed by atoms with Crippen LogP contribution in [-0.2, 0) is 11.2 Å². The summed E-state index contributed by atoms with van der Waals surface area (Å²) in [4.78, 5) is 24.4. The van der Waals surface area contributed by atoms with Crippen molar-refractivity contribution in [3.8, 4) is 11.5 Å². The molecule has 2 amide bonds. The van der Waals surface area contributed by atoms with Crippen LogP contribution >= 0.6 is 11.6 Å². The SMILES string of the molecule is COc1ccc2c(c1)CCCC2CC(=O)NNC(=O)c1cc(Cl)ccc1O. The second-order valence-corrected chi connectivity index (χ2v) is 6.96. The van der Waals surface area contributed by atoms with Crippen molar-refractivity contribution in [2.24, 2.45) is 0 Å². The first-order chi connectivity index (χ1) is 13.0. The van der Waals surface area contributed by atoms with Crippen LogP contribution in [0.25, 0.3) is 0 Å². The zero-order chi connectivity index (χ0) is 19.4. The summed E-state index contributed by atoms with van der Waals surface area (Å²) in [5.41, 5.74) is 7.08. The Labute approximate surface area is 162 Å². The Morgan fingerprint density at radius 1 is 1.22 bits per heavy atom. The number of fused-ring (bicyclic) bond motifs is 1. The molecule has 1 atom stereocenters. The average molecular weight is 389 g/mol. The standard InChI is InChI=1S/C20H21ClN2O4/c1-27-15-6-7-16-12(9-15)3-2-4-13(16)10-19(25)22-23-20(26)17-11-14(21)5-8-18(17)24/h5-9,11,13,24H,2-4,10H2,1H3,(H,22,25)(H,23,26). The van der Waals surface area contributed by atoms with E-state index in [1.807, 2.05) is 18.2 Å². The second-order valence-electron chi connectivity index (χ2n) is 6.52. The van der Waals surface area contributed by atoms with Gasteiger partial charge in [0, 0.05) is 11.4 Å². The lowest BCUT2D eigenvalue weighted by Gasteiger charge is -2.25. The fraction of sp³-hybridized carbons (Fsp3) is 0.300. The molecule has 1 unspecified atom stereocenters. The van der Waals surface area contributed by atoms with Gasteiger partial charge in [0.1, 0.15) is 11.5 Å². The van der Waals surface area contributed by atoms with Crippen LogP contribution < -0.4 is 15.6 Å². The smallest absolute Gasteiger partial charge is 0.273 e. The quantitative estimate of drug-likeness (QED) is 0.701. The van der Waals surface area contributed by atoms with Crippen LogP contribution in [0.15, 0.2) is 36.4 Å². The maximum Gasteiger partial charge on any atom is 0.273 e. The Hall–Kier alpha value is -2.73. The van der Waals surface area contributed by atoms with E-state index in [0.29, 0.717) is 5.02 Å². The molecule has 0 radical (unpaired) electrons. The molecule has 3 N–H and O–H groups in total. The number of phenolic OH excluding ortho intramolecular Hbond substituents is 1. The lowest BCUT2D eigenvalue weighted by molar-refractivity contribution is -0.122. The lowest BCUT2D eigenvalue weighted by Crippen LogP contribution is -2.42. The third-order valence-electron chi connectivity index (χ3n) is 4.74. The fourth-order valence-electron chi connectivity index (χ4n) is 3.39. The van der Waals surface area contributed by atoms with Gasteiger partial charge in [-0.3, -0.25) is 20.4 Å². The molecule has 1 aliphatic carbocycles. The molecule has 142 valence electrons. The van der Waals surface area contributed by atoms with Crippen LogP contribution in [0.2, 0.25) is 5.02 Å². The number of phenols is 1. The summed E-state index contributed by atoms with van der Waals surface area (Å²) in [5, 5.41) is 10.1. The van der Waals surface area contributed by atoms with Crippen molar-refractivity contribution in [3.05, 3.63) is 58.1 Å². The number of aromatic hydroxyl groups is 1. The number of nitrogens with one attached hydrogen (secondary N) is 2. The summed E-state index contributed by atoms with van der Waals surface area (Å²) in [5.74, 6) is -0.222. The minimum absolute atomic E-state index is 0.00194. The monoisotopic (exact) mass is 388 g/mol. The summed E-state index contributed by atoms with van der Waals surface area (Å²) in [6.07, 6.45) is 3.15. The van der Waals surface area contributed by atoms with Crippen molar-refractivity contribution < 1.29 is 19.4 Å². The first-order valence-corrected chi connectivity index (χ1v) is 9.10. The molecule has 3 rings (SSSR count). The largest absolute Gasteiger partial charge is 0.507 e. The Morgan fingerprint density at radius 3 is 2.81 bits per heavy atom. The number of carbonyl (C=O) groups is 2. The summed E-state index contributed by atoms with van der Waals surface area (Å²) >= 11 is 5.83. The molecular weight excluding hydrogens is 368 g/mol. The Balaban J connectivity index is 1.60. The number of methoxy groups -OCH3 is 1. The van der Waals surface area contributed by atoms with Gasteiger partial charge in [-0.1, -0.05) is 17.7 Å². The number of hydrazine groups is 1.